The van der Waals surface area contributed by atoms with E-state index in [9.17, 15) is 4.79 Å². The Morgan fingerprint density at radius 3 is 2.73 bits per heavy atom. The third-order valence-corrected chi connectivity index (χ3v) is 8.02. The lowest BCUT2D eigenvalue weighted by atomic mass is 10.1. The van der Waals surface area contributed by atoms with Crippen LogP contribution in [0.3, 0.4) is 0 Å². The number of furan rings is 1. The number of benzene rings is 3. The molecule has 1 aliphatic heterocycles. The van der Waals surface area contributed by atoms with Gasteiger partial charge in [-0.2, -0.15) is 0 Å². The molecule has 0 unspecified atom stereocenters. The number of imidazole rings is 1. The highest BCUT2D eigenvalue weighted by atomic mass is 19.1. The zero-order chi connectivity index (χ0) is 30.9. The van der Waals surface area contributed by atoms with Gasteiger partial charge in [-0.3, -0.25) is 0 Å². The zero-order valence-electron chi connectivity index (χ0n) is 24.3. The molecule has 0 amide bonds. The second-order valence-corrected chi connectivity index (χ2v) is 10.8. The van der Waals surface area contributed by atoms with Crippen molar-refractivity contribution in [2.75, 3.05) is 13.7 Å². The van der Waals surface area contributed by atoms with Gasteiger partial charge in [0, 0.05) is 35.6 Å². The van der Waals surface area contributed by atoms with Gasteiger partial charge in [0.2, 0.25) is 5.88 Å². The van der Waals surface area contributed by atoms with Crippen LogP contribution in [0.15, 0.2) is 83.5 Å². The van der Waals surface area contributed by atoms with Gasteiger partial charge in [0.25, 0.3) is 0 Å². The van der Waals surface area contributed by atoms with Crippen LogP contribution in [0.5, 0.6) is 5.88 Å². The van der Waals surface area contributed by atoms with Crippen molar-refractivity contribution in [3.63, 3.8) is 0 Å². The monoisotopic (exact) mass is 602 g/mol. The number of carbonyl (C=O) groups is 1. The Bertz CT molecular complexity index is 2110. The molecule has 0 N–H and O–H groups in total. The summed E-state index contributed by atoms with van der Waals surface area (Å²) < 4.78 is 39.7. The summed E-state index contributed by atoms with van der Waals surface area (Å²) in [5, 5.41) is 0.737. The van der Waals surface area contributed by atoms with E-state index in [-0.39, 0.29) is 24.9 Å². The van der Waals surface area contributed by atoms with E-state index in [1.54, 1.807) is 54.8 Å². The average Bonchev–Trinajstić information content (AvgIpc) is 3.67. The number of ether oxygens (including phenoxy) is 3. The SMILES string of the molecule is [C-]#[N+]c1ccc(COc2cccc(-c3ccc(Cc4nc5ccc(C(=O)OC)cc5n4C[C@@H]4CCO4)c(F)c3)n2)c2occc12. The quantitative estimate of drug-likeness (QED) is 0.127. The number of methoxy groups -OCH3 is 1. The first-order chi connectivity index (χ1) is 22.0. The average molecular weight is 603 g/mol. The summed E-state index contributed by atoms with van der Waals surface area (Å²) >= 11 is 0. The molecule has 6 aromatic rings. The predicted molar refractivity (Wildman–Crippen MR) is 165 cm³/mol. The fourth-order valence-electron chi connectivity index (χ4n) is 5.53. The van der Waals surface area contributed by atoms with Gasteiger partial charge >= 0.3 is 5.97 Å². The van der Waals surface area contributed by atoms with Crippen molar-refractivity contribution >= 4 is 33.7 Å². The molecule has 7 rings (SSSR count). The van der Waals surface area contributed by atoms with Crippen molar-refractivity contribution in [2.24, 2.45) is 0 Å². The zero-order valence-corrected chi connectivity index (χ0v) is 24.3. The highest BCUT2D eigenvalue weighted by Crippen LogP contribution is 2.31. The molecule has 3 aromatic heterocycles. The van der Waals surface area contributed by atoms with E-state index in [2.05, 4.69) is 9.83 Å². The summed E-state index contributed by atoms with van der Waals surface area (Å²) in [7, 11) is 1.35. The maximum atomic E-state index is 15.6. The van der Waals surface area contributed by atoms with Crippen molar-refractivity contribution in [1.82, 2.24) is 14.5 Å². The fourth-order valence-corrected chi connectivity index (χ4v) is 5.53. The minimum atomic E-state index is -0.430. The number of halogens is 1. The smallest absolute Gasteiger partial charge is 0.337 e. The number of carbonyl (C=O) groups excluding carboxylic acids is 1. The first-order valence-electron chi connectivity index (χ1n) is 14.4. The number of esters is 1. The molecule has 0 saturated carbocycles. The molecule has 0 radical (unpaired) electrons. The van der Waals surface area contributed by atoms with Crippen LogP contribution >= 0.6 is 0 Å². The minimum Gasteiger partial charge on any atom is -0.473 e. The predicted octanol–water partition coefficient (Wildman–Crippen LogP) is 7.28. The molecular formula is C35H27FN4O5. The number of fused-ring (bicyclic) bond motifs is 2. The van der Waals surface area contributed by atoms with Crippen LogP contribution < -0.4 is 4.74 Å². The molecular weight excluding hydrogens is 575 g/mol. The van der Waals surface area contributed by atoms with Crippen LogP contribution in [-0.4, -0.2) is 40.3 Å². The summed E-state index contributed by atoms with van der Waals surface area (Å²) in [6.45, 7) is 8.81. The normalized spacial score (nSPS) is 14.3. The summed E-state index contributed by atoms with van der Waals surface area (Å²) in [5.74, 6) is 0.248. The number of pyridine rings is 1. The van der Waals surface area contributed by atoms with Crippen LogP contribution in [-0.2, 0) is 29.0 Å². The van der Waals surface area contributed by atoms with Gasteiger partial charge in [-0.25, -0.2) is 24.0 Å². The molecule has 10 heteroatoms. The van der Waals surface area contributed by atoms with Crippen LogP contribution in [0.25, 0.3) is 38.1 Å². The third kappa shape index (κ3) is 5.50. The number of rotatable bonds is 9. The maximum absolute atomic E-state index is 15.6. The fraction of sp³-hybridized carbons (Fsp3) is 0.200. The van der Waals surface area contributed by atoms with Crippen LogP contribution in [0.1, 0.15) is 33.7 Å². The van der Waals surface area contributed by atoms with Crippen molar-refractivity contribution in [1.29, 1.82) is 0 Å². The lowest BCUT2D eigenvalue weighted by molar-refractivity contribution is -0.0589. The number of hydrogen-bond acceptors (Lipinski definition) is 7. The first kappa shape index (κ1) is 28.3. The highest BCUT2D eigenvalue weighted by Gasteiger charge is 2.23. The van der Waals surface area contributed by atoms with E-state index >= 15 is 4.39 Å². The van der Waals surface area contributed by atoms with E-state index in [0.29, 0.717) is 64.0 Å². The molecule has 1 atom stereocenters. The molecule has 224 valence electrons. The van der Waals surface area contributed by atoms with Crippen molar-refractivity contribution in [2.45, 2.75) is 32.1 Å². The van der Waals surface area contributed by atoms with Crippen molar-refractivity contribution in [3.05, 3.63) is 119 Å². The molecule has 1 aliphatic rings. The van der Waals surface area contributed by atoms with Gasteiger partial charge in [0.05, 0.1) is 54.9 Å². The molecule has 4 heterocycles. The van der Waals surface area contributed by atoms with Crippen LogP contribution in [0.4, 0.5) is 10.1 Å². The standard InChI is InChI=1S/C35H27FN4O5/c1-37-29-10-9-24(34-26(29)13-15-44-34)20-45-33-5-3-4-28(39-33)22-7-6-21(27(36)16-22)18-32-38-30-11-8-23(35(41)42-2)17-31(30)40(32)19-25-12-14-43-25/h3-11,13,15-17,25H,12,14,18-20H2,2H3/t25-/m0/s1. The molecule has 1 fully saturated rings. The van der Waals surface area contributed by atoms with E-state index in [0.717, 1.165) is 22.9 Å². The van der Waals surface area contributed by atoms with Gasteiger partial charge in [0.1, 0.15) is 23.8 Å². The number of aromatic nitrogens is 3. The Morgan fingerprint density at radius 1 is 1.09 bits per heavy atom. The van der Waals surface area contributed by atoms with E-state index in [1.165, 1.54) is 13.2 Å². The summed E-state index contributed by atoms with van der Waals surface area (Å²) in [6.07, 6.45) is 2.78. The Labute approximate surface area is 257 Å². The molecule has 45 heavy (non-hydrogen) atoms. The van der Waals surface area contributed by atoms with E-state index in [1.807, 2.05) is 22.8 Å². The molecule has 9 nitrogen and oxygen atoms in total. The molecule has 1 saturated heterocycles. The number of nitrogens with zero attached hydrogens (tertiary/aromatic N) is 4. The van der Waals surface area contributed by atoms with Gasteiger partial charge < -0.3 is 23.2 Å². The third-order valence-electron chi connectivity index (χ3n) is 8.02. The van der Waals surface area contributed by atoms with Gasteiger partial charge in [-0.1, -0.05) is 30.3 Å². The van der Waals surface area contributed by atoms with E-state index in [4.69, 9.17) is 30.2 Å². The second kappa shape index (κ2) is 11.9. The minimum absolute atomic E-state index is 0.0407. The van der Waals surface area contributed by atoms with Gasteiger partial charge in [0.15, 0.2) is 5.69 Å². The molecule has 0 aliphatic carbocycles. The largest absolute Gasteiger partial charge is 0.473 e. The van der Waals surface area contributed by atoms with Gasteiger partial charge in [-0.05, 0) is 48.4 Å². The summed E-state index contributed by atoms with van der Waals surface area (Å²) in [5.41, 5.74) is 5.48. The van der Waals surface area contributed by atoms with Crippen LogP contribution in [0, 0.1) is 12.4 Å². The Hall–Kier alpha value is -5.53. The van der Waals surface area contributed by atoms with Crippen molar-refractivity contribution < 1.29 is 27.8 Å². The lowest BCUT2D eigenvalue weighted by Crippen LogP contribution is -2.31. The Balaban J connectivity index is 1.12. The second-order valence-electron chi connectivity index (χ2n) is 10.8. The highest BCUT2D eigenvalue weighted by molar-refractivity contribution is 5.94. The topological polar surface area (TPSA) is 93.0 Å². The Kier molecular flexibility index (Phi) is 7.45. The molecule has 0 spiro atoms. The number of hydrogen-bond donors (Lipinski definition) is 0. The molecule has 3 aromatic carbocycles. The molecule has 0 bridgehead atoms. The summed E-state index contributed by atoms with van der Waals surface area (Å²) in [6, 6.07) is 20.9. The van der Waals surface area contributed by atoms with E-state index < -0.39 is 5.97 Å². The first-order valence-corrected chi connectivity index (χ1v) is 14.4. The summed E-state index contributed by atoms with van der Waals surface area (Å²) in [4.78, 5) is 25.1. The van der Waals surface area contributed by atoms with Crippen LogP contribution in [0.2, 0.25) is 0 Å². The lowest BCUT2D eigenvalue weighted by Gasteiger charge is -2.27. The Morgan fingerprint density at radius 2 is 1.96 bits per heavy atom. The van der Waals surface area contributed by atoms with Crippen molar-refractivity contribution in [3.8, 4) is 17.1 Å². The van der Waals surface area contributed by atoms with Gasteiger partial charge in [-0.15, -0.1) is 0 Å². The maximum Gasteiger partial charge on any atom is 0.337 e.